The molecule has 3 unspecified atom stereocenters. The first-order valence-corrected chi connectivity index (χ1v) is 6.97. The van der Waals surface area contributed by atoms with Crippen LogP contribution >= 0.6 is 15.9 Å². The van der Waals surface area contributed by atoms with E-state index in [1.54, 1.807) is 12.1 Å². The Balaban J connectivity index is 2.28. The van der Waals surface area contributed by atoms with Gasteiger partial charge in [0.2, 0.25) is 5.75 Å². The fourth-order valence-electron chi connectivity index (χ4n) is 2.34. The molecule has 19 heavy (non-hydrogen) atoms. The topological polar surface area (TPSA) is 72.6 Å². The van der Waals surface area contributed by atoms with E-state index in [1.165, 1.54) is 6.07 Å². The first-order chi connectivity index (χ1) is 8.90. The van der Waals surface area contributed by atoms with Crippen molar-refractivity contribution in [3.63, 3.8) is 0 Å². The van der Waals surface area contributed by atoms with Gasteiger partial charge >= 0.3 is 5.69 Å². The average Bonchev–Trinajstić information content (AvgIpc) is 2.38. The van der Waals surface area contributed by atoms with Crippen molar-refractivity contribution in [1.29, 1.82) is 0 Å². The molecular weight excluding hydrogens is 314 g/mol. The van der Waals surface area contributed by atoms with E-state index in [-0.39, 0.29) is 23.0 Å². The molecule has 0 heterocycles. The first-order valence-electron chi connectivity index (χ1n) is 6.17. The van der Waals surface area contributed by atoms with Crippen LogP contribution in [0, 0.1) is 15.5 Å². The molecular formula is C13H16BrNO4. The van der Waals surface area contributed by atoms with Crippen LogP contribution in [-0.4, -0.2) is 22.2 Å². The molecule has 0 amide bonds. The molecule has 1 aliphatic rings. The van der Waals surface area contributed by atoms with Crippen molar-refractivity contribution < 1.29 is 14.8 Å². The molecule has 0 aliphatic heterocycles. The van der Waals surface area contributed by atoms with Crippen molar-refractivity contribution >= 4 is 21.6 Å². The van der Waals surface area contributed by atoms with Gasteiger partial charge in [-0.2, -0.15) is 0 Å². The molecule has 2 rings (SSSR count). The number of rotatable bonds is 4. The van der Waals surface area contributed by atoms with Crippen molar-refractivity contribution in [2.45, 2.75) is 38.9 Å². The minimum atomic E-state index is -0.460. The maximum absolute atomic E-state index is 11.0. The lowest BCUT2D eigenvalue weighted by Gasteiger charge is -2.50. The third-order valence-corrected chi connectivity index (χ3v) is 4.72. The highest BCUT2D eigenvalue weighted by Gasteiger charge is 2.52. The molecule has 0 bridgehead atoms. The molecule has 6 heteroatoms. The van der Waals surface area contributed by atoms with Crippen LogP contribution in [0.5, 0.6) is 5.75 Å². The Bertz CT molecular complexity index is 507. The Morgan fingerprint density at radius 2 is 2.32 bits per heavy atom. The number of halogens is 1. The van der Waals surface area contributed by atoms with Crippen molar-refractivity contribution in [1.82, 2.24) is 0 Å². The third kappa shape index (κ3) is 2.34. The van der Waals surface area contributed by atoms with Crippen LogP contribution in [0.3, 0.4) is 0 Å². The second-order valence-electron chi connectivity index (χ2n) is 5.06. The van der Waals surface area contributed by atoms with Gasteiger partial charge in [-0.1, -0.05) is 19.9 Å². The zero-order valence-electron chi connectivity index (χ0n) is 10.8. The maximum atomic E-state index is 11.0. The molecule has 1 aromatic carbocycles. The largest absolute Gasteiger partial charge is 0.482 e. The van der Waals surface area contributed by atoms with E-state index in [1.807, 2.05) is 13.8 Å². The highest BCUT2D eigenvalue weighted by atomic mass is 79.9. The van der Waals surface area contributed by atoms with E-state index >= 15 is 0 Å². The molecule has 1 fully saturated rings. The first kappa shape index (κ1) is 14.3. The SMILES string of the molecule is CCC1(C)C(O)CC1Oc1c(Br)cccc1[N+](=O)[O-]. The summed E-state index contributed by atoms with van der Waals surface area (Å²) in [5, 5.41) is 20.8. The number of aliphatic hydroxyl groups excluding tert-OH is 1. The van der Waals surface area contributed by atoms with Crippen LogP contribution in [0.4, 0.5) is 5.69 Å². The van der Waals surface area contributed by atoms with Gasteiger partial charge in [-0.15, -0.1) is 0 Å². The lowest BCUT2D eigenvalue weighted by atomic mass is 9.63. The molecule has 1 N–H and O–H groups in total. The number of hydrogen-bond donors (Lipinski definition) is 1. The molecule has 1 aliphatic carbocycles. The number of aliphatic hydroxyl groups is 1. The molecule has 5 nitrogen and oxygen atoms in total. The van der Waals surface area contributed by atoms with E-state index in [0.717, 1.165) is 6.42 Å². The van der Waals surface area contributed by atoms with Crippen LogP contribution in [0.15, 0.2) is 22.7 Å². The molecule has 0 radical (unpaired) electrons. The van der Waals surface area contributed by atoms with E-state index in [0.29, 0.717) is 10.9 Å². The number of nitrogens with zero attached hydrogens (tertiary/aromatic N) is 1. The van der Waals surface area contributed by atoms with Crippen molar-refractivity contribution in [2.75, 3.05) is 0 Å². The lowest BCUT2D eigenvalue weighted by molar-refractivity contribution is -0.386. The van der Waals surface area contributed by atoms with E-state index in [9.17, 15) is 15.2 Å². The van der Waals surface area contributed by atoms with Gasteiger partial charge in [-0.05, 0) is 28.4 Å². The number of nitro benzene ring substituents is 1. The van der Waals surface area contributed by atoms with Crippen LogP contribution in [0.25, 0.3) is 0 Å². The fourth-order valence-corrected chi connectivity index (χ4v) is 2.79. The third-order valence-electron chi connectivity index (χ3n) is 4.10. The summed E-state index contributed by atoms with van der Waals surface area (Å²) in [5.41, 5.74) is -0.405. The van der Waals surface area contributed by atoms with Gasteiger partial charge < -0.3 is 9.84 Å². The van der Waals surface area contributed by atoms with Crippen molar-refractivity contribution in [3.05, 3.63) is 32.8 Å². The molecule has 0 aromatic heterocycles. The number of ether oxygens (including phenoxy) is 1. The number of para-hydroxylation sites is 1. The predicted molar refractivity (Wildman–Crippen MR) is 74.2 cm³/mol. The molecule has 0 spiro atoms. The van der Waals surface area contributed by atoms with Gasteiger partial charge in [-0.3, -0.25) is 10.1 Å². The number of hydrogen-bond acceptors (Lipinski definition) is 4. The highest BCUT2D eigenvalue weighted by molar-refractivity contribution is 9.10. The normalized spacial score (nSPS) is 29.7. The Morgan fingerprint density at radius 1 is 1.63 bits per heavy atom. The number of nitro groups is 1. The summed E-state index contributed by atoms with van der Waals surface area (Å²) in [6, 6.07) is 4.73. The van der Waals surface area contributed by atoms with E-state index in [4.69, 9.17) is 4.74 Å². The summed E-state index contributed by atoms with van der Waals surface area (Å²) >= 11 is 3.28. The Morgan fingerprint density at radius 3 is 2.84 bits per heavy atom. The summed E-state index contributed by atoms with van der Waals surface area (Å²) in [5.74, 6) is 0.240. The fraction of sp³-hybridized carbons (Fsp3) is 0.538. The average molecular weight is 330 g/mol. The van der Waals surface area contributed by atoms with Gasteiger partial charge in [0.05, 0.1) is 15.5 Å². The highest BCUT2D eigenvalue weighted by Crippen LogP contribution is 2.48. The summed E-state index contributed by atoms with van der Waals surface area (Å²) in [7, 11) is 0. The standard InChI is InChI=1S/C13H16BrNO4/c1-3-13(2)10(16)7-11(13)19-12-8(14)5-4-6-9(12)15(17)18/h4-6,10-11,16H,3,7H2,1-2H3. The minimum absolute atomic E-state index is 0.0609. The molecule has 0 saturated heterocycles. The summed E-state index contributed by atoms with van der Waals surface area (Å²) < 4.78 is 6.36. The monoisotopic (exact) mass is 329 g/mol. The molecule has 3 atom stereocenters. The van der Waals surface area contributed by atoms with Crippen LogP contribution in [-0.2, 0) is 0 Å². The van der Waals surface area contributed by atoms with Crippen LogP contribution in [0.2, 0.25) is 0 Å². The zero-order chi connectivity index (χ0) is 14.2. The van der Waals surface area contributed by atoms with Gasteiger partial charge in [0.25, 0.3) is 0 Å². The molecule has 1 aromatic rings. The molecule has 104 valence electrons. The summed E-state index contributed by atoms with van der Waals surface area (Å²) in [4.78, 5) is 10.6. The smallest absolute Gasteiger partial charge is 0.312 e. The summed E-state index contributed by atoms with van der Waals surface area (Å²) in [6.45, 7) is 3.92. The zero-order valence-corrected chi connectivity index (χ0v) is 12.4. The summed E-state index contributed by atoms with van der Waals surface area (Å²) in [6.07, 6.45) is 0.647. The van der Waals surface area contributed by atoms with Gasteiger partial charge in [0.1, 0.15) is 6.10 Å². The van der Waals surface area contributed by atoms with E-state index in [2.05, 4.69) is 15.9 Å². The minimum Gasteiger partial charge on any atom is -0.482 e. The predicted octanol–water partition coefficient (Wildman–Crippen LogP) is 3.29. The van der Waals surface area contributed by atoms with Crippen LogP contribution in [0.1, 0.15) is 26.7 Å². The Kier molecular flexibility index (Phi) is 3.82. The molecule has 1 saturated carbocycles. The van der Waals surface area contributed by atoms with Crippen molar-refractivity contribution in [3.8, 4) is 5.75 Å². The van der Waals surface area contributed by atoms with Gasteiger partial charge in [0.15, 0.2) is 0 Å². The Labute approximate surface area is 119 Å². The van der Waals surface area contributed by atoms with Gasteiger partial charge in [0, 0.05) is 17.9 Å². The van der Waals surface area contributed by atoms with Crippen molar-refractivity contribution in [2.24, 2.45) is 5.41 Å². The second kappa shape index (κ2) is 5.09. The number of benzene rings is 1. The maximum Gasteiger partial charge on any atom is 0.312 e. The van der Waals surface area contributed by atoms with Crippen LogP contribution < -0.4 is 4.74 Å². The Hall–Kier alpha value is -1.14. The quantitative estimate of drug-likeness (QED) is 0.679. The lowest BCUT2D eigenvalue weighted by Crippen LogP contribution is -2.57. The second-order valence-corrected chi connectivity index (χ2v) is 5.92. The van der Waals surface area contributed by atoms with E-state index < -0.39 is 11.0 Å². The van der Waals surface area contributed by atoms with Gasteiger partial charge in [-0.25, -0.2) is 0 Å².